The van der Waals surface area contributed by atoms with Gasteiger partial charge in [0, 0.05) is 79.2 Å². The summed E-state index contributed by atoms with van der Waals surface area (Å²) in [5, 5.41) is 42.9. The van der Waals surface area contributed by atoms with E-state index in [1.54, 1.807) is 102 Å². The highest BCUT2D eigenvalue weighted by atomic mass is 33.1. The minimum absolute atomic E-state index is 0.00577. The van der Waals surface area contributed by atoms with Crippen LogP contribution in [0.15, 0.2) is 169 Å². The number of nitrogens with zero attached hydrogens (tertiary/aromatic N) is 4. The monoisotopic (exact) mass is 1890 g/mol. The summed E-state index contributed by atoms with van der Waals surface area (Å²) in [4.78, 5) is 164. The van der Waals surface area contributed by atoms with Gasteiger partial charge in [0.1, 0.15) is 66.0 Å². The molecule has 0 bridgehead atoms. The van der Waals surface area contributed by atoms with E-state index in [1.807, 2.05) is 99.6 Å². The third-order valence-corrected chi connectivity index (χ3v) is 29.1. The molecule has 13 N–H and O–H groups in total. The van der Waals surface area contributed by atoms with Crippen LogP contribution in [0.4, 0.5) is 10.5 Å². The van der Waals surface area contributed by atoms with E-state index in [4.69, 9.17) is 35.5 Å². The number of primary amides is 1. The Balaban J connectivity index is 0.959. The van der Waals surface area contributed by atoms with Crippen molar-refractivity contribution in [3.63, 3.8) is 0 Å². The number of nitrogens with two attached hydrogens (primary N) is 2. The highest BCUT2D eigenvalue weighted by Gasteiger charge is 2.42. The molecule has 10 rings (SSSR count). The third-order valence-electron chi connectivity index (χ3n) is 22.2. The van der Waals surface area contributed by atoms with Crippen LogP contribution in [-0.2, 0) is 104 Å². The number of aliphatic hydroxyl groups is 1. The second kappa shape index (κ2) is 49.7. The number of ketones is 1. The summed E-state index contributed by atoms with van der Waals surface area (Å²) in [6.07, 6.45) is 0.829. The molecule has 131 heavy (non-hydrogen) atoms. The number of alkyl carbamates (subject to hydrolysis) is 1. The quantitative estimate of drug-likeness (QED) is 0.0127. The number of benzene rings is 6. The lowest BCUT2D eigenvalue weighted by Crippen LogP contribution is -2.63. The van der Waals surface area contributed by atoms with Crippen LogP contribution in [0.1, 0.15) is 134 Å². The molecule has 2 aliphatic heterocycles. The number of rotatable bonds is 39. The minimum Gasteiger partial charge on any atom is -0.488 e. The molecule has 7 aromatic rings. The van der Waals surface area contributed by atoms with Crippen LogP contribution in [0.3, 0.4) is 0 Å². The second-order valence-electron chi connectivity index (χ2n) is 33.9. The van der Waals surface area contributed by atoms with Gasteiger partial charge in [0.25, 0.3) is 0 Å². The van der Waals surface area contributed by atoms with Crippen LogP contribution >= 0.6 is 43.2 Å². The van der Waals surface area contributed by atoms with Gasteiger partial charge >= 0.3 is 6.09 Å². The number of carbonyl (C=O) groups excluding carboxylic acids is 11. The molecule has 1 saturated heterocycles. The van der Waals surface area contributed by atoms with Crippen molar-refractivity contribution < 1.29 is 85.2 Å². The third kappa shape index (κ3) is 30.4. The number of aliphatic hydroxyl groups excluding tert-OH is 1. The summed E-state index contributed by atoms with van der Waals surface area (Å²) in [5.74, 6) is -9.80. The Kier molecular flexibility index (Phi) is 38.9. The van der Waals surface area contributed by atoms with Crippen LogP contribution in [-0.4, -0.2) is 222 Å². The molecule has 32 nitrogen and oxygen atoms in total. The summed E-state index contributed by atoms with van der Waals surface area (Å²) in [6.45, 7) is 11.4. The number of ether oxygens (including phenoxy) is 4. The molecule has 1 aliphatic carbocycles. The zero-order valence-electron chi connectivity index (χ0n) is 75.0. The molecule has 0 saturated carbocycles. The number of amides is 10. The van der Waals surface area contributed by atoms with Crippen molar-refractivity contribution in [2.24, 2.45) is 17.4 Å². The number of anilines is 1. The fourth-order valence-corrected chi connectivity index (χ4v) is 21.7. The van der Waals surface area contributed by atoms with E-state index in [0.717, 1.165) is 43.8 Å². The lowest BCUT2D eigenvalue weighted by molar-refractivity contribution is -0.137. The highest BCUT2D eigenvalue weighted by Crippen LogP contribution is 2.43. The van der Waals surface area contributed by atoms with Crippen LogP contribution in [0.25, 0.3) is 28.1 Å². The number of Topliss-reactive ketones (excluding diaryl/α,β-unsaturated/α-hetero) is 1. The van der Waals surface area contributed by atoms with Gasteiger partial charge in [-0.3, -0.25) is 47.9 Å². The van der Waals surface area contributed by atoms with Gasteiger partial charge in [0.2, 0.25) is 53.2 Å². The van der Waals surface area contributed by atoms with Crippen LogP contribution in [0, 0.1) is 5.92 Å². The minimum atomic E-state index is -4.18. The summed E-state index contributed by atoms with van der Waals surface area (Å²) in [5.41, 5.74) is 19.0. The Morgan fingerprint density at radius 1 is 0.710 bits per heavy atom. The molecule has 3 heterocycles. The molecule has 37 heteroatoms. The van der Waals surface area contributed by atoms with Crippen molar-refractivity contribution in [3.8, 4) is 28.3 Å². The van der Waals surface area contributed by atoms with E-state index in [9.17, 15) is 47.1 Å². The summed E-state index contributed by atoms with van der Waals surface area (Å²) in [6, 6.07) is 35.1. The maximum atomic E-state index is 15.9. The number of aryl methyl sites for hydroxylation is 1. The molecule has 1 unspecified atom stereocenters. The van der Waals surface area contributed by atoms with E-state index in [1.165, 1.54) is 47.8 Å². The topological polar surface area (TPSA) is 461 Å². The average molecular weight is 1890 g/mol. The number of fused-ring (bicyclic) bond motifs is 6. The lowest BCUT2D eigenvalue weighted by atomic mass is 9.90. The Bertz CT molecular complexity index is 5240. The number of aromatic nitrogens is 3. The summed E-state index contributed by atoms with van der Waals surface area (Å²) in [7, 11) is 1.82. The van der Waals surface area contributed by atoms with Crippen molar-refractivity contribution in [2.75, 3.05) is 68.4 Å². The van der Waals surface area contributed by atoms with E-state index in [-0.39, 0.29) is 106 Å². The molecule has 704 valence electrons. The predicted octanol–water partition coefficient (Wildman–Crippen LogP) is 8.48. The SMILES string of the molecule is COCCOCC(=O)NCCC(=O)N1Cc2ccccc2-c2nnn(CCCCCC(CS(=O)(=O)c3ccccc3)OC(=O)N[C@H](Cc3ccccc3)C(=O)N[C@H]3CSSC[C@@H](C(=O)N[C@H](C(N)=O)C(C)(C)SSC)NC(=O)[C@H]([C@@H](C)O)NC(=O)[C@H](CCCCN)NC(=O)[C@@H](CC4=CCc5ccccc54)NC(=O)[C@H](Cc4ccc(OC(C)(C)C)cc4)CC3=O)c2-c2ccccc21. The van der Waals surface area contributed by atoms with Gasteiger partial charge in [-0.2, -0.15) is 0 Å². The Hall–Kier alpha value is -10.6. The van der Waals surface area contributed by atoms with Crippen molar-refractivity contribution in [1.29, 1.82) is 0 Å². The molecule has 0 spiro atoms. The molecule has 10 atom stereocenters. The van der Waals surface area contributed by atoms with Crippen LogP contribution < -0.4 is 63.6 Å². The number of unbranched alkanes of at least 4 members (excludes halogenated alkanes) is 3. The van der Waals surface area contributed by atoms with E-state index in [0.29, 0.717) is 90.3 Å². The maximum absolute atomic E-state index is 15.9. The van der Waals surface area contributed by atoms with Crippen molar-refractivity contribution in [3.05, 3.63) is 192 Å². The molecule has 1 fully saturated rings. The molecule has 1 aromatic heterocycles. The number of hydrogen-bond acceptors (Lipinski definition) is 25. The molecule has 0 radical (unpaired) electrons. The zero-order valence-corrected chi connectivity index (χ0v) is 79.1. The van der Waals surface area contributed by atoms with E-state index in [2.05, 4.69) is 47.7 Å². The number of allylic oxidation sites excluding steroid dienone is 1. The average Bonchev–Trinajstić information content (AvgIpc) is 1.65. The Labute approximate surface area is 780 Å². The number of hydrogen-bond donors (Lipinski definition) is 11. The fourth-order valence-electron chi connectivity index (χ4n) is 15.5. The van der Waals surface area contributed by atoms with Crippen LogP contribution in [0.5, 0.6) is 5.75 Å². The predicted molar refractivity (Wildman–Crippen MR) is 509 cm³/mol. The number of methoxy groups -OCH3 is 1. The van der Waals surface area contributed by atoms with Crippen LogP contribution in [0.2, 0.25) is 0 Å². The number of sulfone groups is 1. The van der Waals surface area contributed by atoms with Gasteiger partial charge < -0.3 is 83.0 Å². The Morgan fingerprint density at radius 2 is 1.37 bits per heavy atom. The lowest BCUT2D eigenvalue weighted by Gasteiger charge is -2.33. The van der Waals surface area contributed by atoms with Gasteiger partial charge in [-0.25, -0.2) is 17.9 Å². The largest absolute Gasteiger partial charge is 0.488 e. The smallest absolute Gasteiger partial charge is 0.408 e. The molecular weight excluding hydrogens is 1770 g/mol. The molecule has 3 aliphatic rings. The maximum Gasteiger partial charge on any atom is 0.408 e. The second-order valence-corrected chi connectivity index (χ2v) is 41.6. The fraction of sp³-hybridized carbons (Fsp3) is 0.457. The first-order chi connectivity index (χ1) is 62.7. The number of nitrogens with one attached hydrogen (secondary N) is 8. The van der Waals surface area contributed by atoms with Gasteiger partial charge in [-0.1, -0.05) is 188 Å². The Morgan fingerprint density at radius 3 is 2.07 bits per heavy atom. The first-order valence-corrected chi connectivity index (χ1v) is 50.5. The van der Waals surface area contributed by atoms with Gasteiger partial charge in [0.15, 0.2) is 15.6 Å². The first kappa shape index (κ1) is 102. The van der Waals surface area contributed by atoms with Crippen molar-refractivity contribution >= 4 is 129 Å². The van der Waals surface area contributed by atoms with Crippen molar-refractivity contribution in [2.45, 2.75) is 208 Å². The molecular formula is C94H120N14O18S5. The molecule has 10 amide bonds. The zero-order chi connectivity index (χ0) is 94.4. The van der Waals surface area contributed by atoms with Crippen molar-refractivity contribution in [1.82, 2.24) is 57.5 Å². The first-order valence-electron chi connectivity index (χ1n) is 43.8. The van der Waals surface area contributed by atoms with Gasteiger partial charge in [-0.15, -0.1) is 5.10 Å². The standard InChI is InChI=1S/C94H120N14O18S5/c1-59(109)81-91(119)101-76(90(118)104-84(85(96)113)94(5,6)130-127-8)57-129-128-56-75(78(110)53-65(50-61-38-42-66(43-39-61)126-93(2,3)4)86(114)99-74(52-63-41-40-62-28-17-19-33-69(62)63)89(117)98-72(87(115)103-81)36-23-24-45-95)100-88(116)73(51-60-26-12-9-13-27-60)102-92(120)125-67(58-131(121,122)68-31-15-10-16-32-68)30-14-11-25-47-108-83-71-35-21-22-37-77(71)107(54-64-29-18-20-34-70(64)82(83)105-106-108)80(112)44-46-97-79(111)55-124-49-48-123-7/h9-10,12-13,15-22,26-29,31-35,37-39,41-43,59,65,67,72-76,81,84,109H,11,14,23-25,30,36,40,44-58,95H2,1-8H3,(H2,96,113)(H,97,111)(H,98,117)(H,99,114)(H,100,116)(H,101,119)(H,102,120)(H,103,115)(H,104,118)/t59-,65-,67?,72+,73-,74-,75+,76+,81+,84-/m1/s1. The van der Waals surface area contributed by atoms with Gasteiger partial charge in [-0.05, 0) is 169 Å². The normalized spacial score (nSPS) is 18.7. The van der Waals surface area contributed by atoms with E-state index >= 15 is 19.2 Å². The van der Waals surface area contributed by atoms with Gasteiger partial charge in [0.05, 0.1) is 53.9 Å². The van der Waals surface area contributed by atoms with E-state index < -0.39 is 146 Å². The highest BCUT2D eigenvalue weighted by molar-refractivity contribution is 8.77. The number of carbonyl (C=O) groups is 11. The number of para-hydroxylation sites is 1. The molecule has 6 aromatic carbocycles. The summed E-state index contributed by atoms with van der Waals surface area (Å²) < 4.78 is 52.3. The summed E-state index contributed by atoms with van der Waals surface area (Å²) >= 11 is 0.